The fourth-order valence-corrected chi connectivity index (χ4v) is 10.0. The van der Waals surface area contributed by atoms with Gasteiger partial charge in [-0.15, -0.1) is 0 Å². The van der Waals surface area contributed by atoms with Crippen LogP contribution in [0.5, 0.6) is 0 Å². The summed E-state index contributed by atoms with van der Waals surface area (Å²) in [5.41, 5.74) is 0. The molecular weight excluding hydrogens is 972 g/mol. The topological polar surface area (TPSA) is 108 Å². The van der Waals surface area contributed by atoms with Crippen LogP contribution >= 0.6 is 7.82 Å². The van der Waals surface area contributed by atoms with E-state index in [1.54, 1.807) is 6.08 Å². The predicted octanol–water partition coefficient (Wildman–Crippen LogP) is 19.7. The Kier molecular flexibility index (Phi) is 56.6. The lowest BCUT2D eigenvalue weighted by Gasteiger charge is -2.29. The first kappa shape index (κ1) is 74.7. The Morgan fingerprint density at radius 3 is 1.21 bits per heavy atom. The monoisotopic (exact) mass is 1100 g/mol. The van der Waals surface area contributed by atoms with Crippen LogP contribution in [-0.2, 0) is 18.4 Å². The number of hydrogen-bond donors (Lipinski definition) is 2. The van der Waals surface area contributed by atoms with Gasteiger partial charge in [-0.25, -0.2) is 0 Å². The van der Waals surface area contributed by atoms with E-state index in [1.807, 2.05) is 27.2 Å². The zero-order valence-electron chi connectivity index (χ0n) is 51.1. The highest BCUT2D eigenvalue weighted by Gasteiger charge is 2.23. The Labute approximate surface area is 477 Å². The summed E-state index contributed by atoms with van der Waals surface area (Å²) in [6, 6.07) is -0.912. The molecule has 0 aliphatic heterocycles. The van der Waals surface area contributed by atoms with E-state index in [1.165, 1.54) is 199 Å². The molecule has 9 heteroatoms. The summed E-state index contributed by atoms with van der Waals surface area (Å²) in [7, 11) is 1.24. The number of quaternary nitrogens is 1. The second-order valence-corrected chi connectivity index (χ2v) is 24.5. The second kappa shape index (κ2) is 58.3. The fourth-order valence-electron chi connectivity index (χ4n) is 9.32. The van der Waals surface area contributed by atoms with Gasteiger partial charge in [-0.3, -0.25) is 9.36 Å². The number of phosphoric acid groups is 1. The van der Waals surface area contributed by atoms with Gasteiger partial charge in [0.25, 0.3) is 7.82 Å². The largest absolute Gasteiger partial charge is 0.756 e. The maximum absolute atomic E-state index is 13.0. The average molecular weight is 1100 g/mol. The minimum absolute atomic E-state index is 0.0100. The number of allylic oxidation sites excluding steroid dienone is 13. The minimum atomic E-state index is -4.62. The maximum atomic E-state index is 13.0. The summed E-state index contributed by atoms with van der Waals surface area (Å²) < 4.78 is 23.4. The number of aliphatic hydroxyl groups is 1. The van der Waals surface area contributed by atoms with Crippen LogP contribution in [0.15, 0.2) is 85.1 Å². The molecule has 8 nitrogen and oxygen atoms in total. The third kappa shape index (κ3) is 61.2. The highest BCUT2D eigenvalue weighted by molar-refractivity contribution is 7.45. The molecule has 0 radical (unpaired) electrons. The molecule has 0 aromatic carbocycles. The van der Waals surface area contributed by atoms with Crippen molar-refractivity contribution in [2.75, 3.05) is 40.9 Å². The van der Waals surface area contributed by atoms with Crippen molar-refractivity contribution in [3.8, 4) is 0 Å². The molecule has 0 heterocycles. The van der Waals surface area contributed by atoms with Crippen molar-refractivity contribution < 1.29 is 32.9 Å². The maximum Gasteiger partial charge on any atom is 0.268 e. The molecule has 0 saturated heterocycles. The van der Waals surface area contributed by atoms with Crippen LogP contribution < -0.4 is 10.2 Å². The van der Waals surface area contributed by atoms with Crippen LogP contribution in [0.4, 0.5) is 0 Å². The van der Waals surface area contributed by atoms with Crippen LogP contribution in [0.1, 0.15) is 290 Å². The molecule has 3 atom stereocenters. The number of unbranched alkanes of at least 4 members (excludes halogenated alkanes) is 34. The zero-order chi connectivity index (χ0) is 56.3. The number of amides is 1. The SMILES string of the molecule is CC/C=C\C/C=C\C/C=C\C/C=C\C/C=C\CCCCCCCCCCCCCC(=O)NC(COP(=O)([O-])OCC[N+](C)(C)C)C(O)/C=C/CC/C=C/CCCCCCCCCCCCCCCCCCCCCCCC. The van der Waals surface area contributed by atoms with Crippen molar-refractivity contribution in [3.63, 3.8) is 0 Å². The van der Waals surface area contributed by atoms with Gasteiger partial charge in [0.1, 0.15) is 13.2 Å². The van der Waals surface area contributed by atoms with Gasteiger partial charge in [0, 0.05) is 6.42 Å². The molecular formula is C68H125N2O6P. The predicted molar refractivity (Wildman–Crippen MR) is 334 cm³/mol. The molecule has 0 aromatic heterocycles. The summed E-state index contributed by atoms with van der Waals surface area (Å²) in [5, 5.41) is 13.9. The molecule has 0 saturated carbocycles. The number of nitrogens with one attached hydrogen (secondary N) is 1. The van der Waals surface area contributed by atoms with Gasteiger partial charge in [-0.05, 0) is 77.0 Å². The number of hydrogen-bond acceptors (Lipinski definition) is 6. The van der Waals surface area contributed by atoms with Crippen LogP contribution in [0.3, 0.4) is 0 Å². The normalized spacial score (nSPS) is 14.3. The quantitative estimate of drug-likeness (QED) is 0.0272. The number of carbonyl (C=O) groups excluding carboxylic acids is 1. The van der Waals surface area contributed by atoms with Gasteiger partial charge in [0.05, 0.1) is 39.9 Å². The standard InChI is InChI=1S/C68H125N2O6P/c1-6-8-10-12-14-16-18-20-22-24-26-28-30-32-34-36-37-39-41-43-45-47-49-51-53-55-57-59-61-67(71)66(65-76-77(73,74)75-64-63-70(3,4)5)69-68(72)62-60-58-56-54-52-50-48-46-44-42-40-38-35-33-31-29-27-25-23-21-19-17-15-13-11-9-7-2/h9,11,15,17,21,23,27,29,33,35,51,53,59,61,66-67,71H,6-8,10,12-14,16,18-20,22,24-26,28,30-32,34,36-50,52,54-58,60,62-65H2,1-5H3,(H-,69,72,73,74)/b11-9-,17-15-,23-21-,29-27-,35-33-,53-51+,61-59+. The first-order valence-corrected chi connectivity index (χ1v) is 33.9. The number of aliphatic hydroxyl groups excluding tert-OH is 1. The van der Waals surface area contributed by atoms with Crippen LogP contribution in [-0.4, -0.2) is 68.5 Å². The van der Waals surface area contributed by atoms with Gasteiger partial charge in [-0.2, -0.15) is 0 Å². The lowest BCUT2D eigenvalue weighted by Crippen LogP contribution is -2.45. The van der Waals surface area contributed by atoms with E-state index < -0.39 is 26.6 Å². The van der Waals surface area contributed by atoms with Gasteiger partial charge in [-0.1, -0.05) is 292 Å². The van der Waals surface area contributed by atoms with Crippen molar-refractivity contribution in [1.82, 2.24) is 5.32 Å². The average Bonchev–Trinajstić information content (AvgIpc) is 3.39. The number of likely N-dealkylation sites (N-methyl/N-ethyl adjacent to an activating group) is 1. The van der Waals surface area contributed by atoms with Gasteiger partial charge in [0.2, 0.25) is 5.91 Å². The minimum Gasteiger partial charge on any atom is -0.756 e. The third-order valence-electron chi connectivity index (χ3n) is 14.3. The van der Waals surface area contributed by atoms with Crippen LogP contribution in [0, 0.1) is 0 Å². The highest BCUT2D eigenvalue weighted by Crippen LogP contribution is 2.38. The van der Waals surface area contributed by atoms with Gasteiger partial charge in [0.15, 0.2) is 0 Å². The summed E-state index contributed by atoms with van der Waals surface area (Å²) in [5.74, 6) is -0.211. The van der Waals surface area contributed by atoms with E-state index in [-0.39, 0.29) is 12.5 Å². The summed E-state index contributed by atoms with van der Waals surface area (Å²) in [4.78, 5) is 25.6. The Hall–Kier alpha value is -2.32. The first-order valence-electron chi connectivity index (χ1n) is 32.4. The molecule has 0 spiro atoms. The van der Waals surface area contributed by atoms with E-state index in [0.717, 1.165) is 70.6 Å². The number of nitrogens with zero attached hydrogens (tertiary/aromatic N) is 1. The molecule has 0 fully saturated rings. The van der Waals surface area contributed by atoms with E-state index >= 15 is 0 Å². The number of rotatable bonds is 59. The molecule has 448 valence electrons. The molecule has 1 amide bonds. The lowest BCUT2D eigenvalue weighted by molar-refractivity contribution is -0.870. The van der Waals surface area contributed by atoms with Gasteiger partial charge >= 0.3 is 0 Å². The van der Waals surface area contributed by atoms with Crippen LogP contribution in [0.25, 0.3) is 0 Å². The molecule has 77 heavy (non-hydrogen) atoms. The summed E-state index contributed by atoms with van der Waals surface area (Å²) in [6.45, 7) is 4.54. The Balaban J connectivity index is 4.19. The molecule has 0 aromatic rings. The highest BCUT2D eigenvalue weighted by atomic mass is 31.2. The van der Waals surface area contributed by atoms with E-state index in [0.29, 0.717) is 17.4 Å². The third-order valence-corrected chi connectivity index (χ3v) is 15.3. The smallest absolute Gasteiger partial charge is 0.268 e. The molecule has 2 N–H and O–H groups in total. The number of carbonyl (C=O) groups is 1. The zero-order valence-corrected chi connectivity index (χ0v) is 52.0. The number of phosphoric ester groups is 1. The molecule has 0 aliphatic carbocycles. The van der Waals surface area contributed by atoms with E-state index in [9.17, 15) is 19.4 Å². The van der Waals surface area contributed by atoms with Crippen molar-refractivity contribution in [2.45, 2.75) is 302 Å². The summed E-state index contributed by atoms with van der Waals surface area (Å²) >= 11 is 0. The van der Waals surface area contributed by atoms with Crippen molar-refractivity contribution >= 4 is 13.7 Å². The van der Waals surface area contributed by atoms with Crippen molar-refractivity contribution in [3.05, 3.63) is 85.1 Å². The Bertz CT molecular complexity index is 1530. The Morgan fingerprint density at radius 2 is 0.805 bits per heavy atom. The summed E-state index contributed by atoms with van der Waals surface area (Å²) in [6.07, 6.45) is 82.6. The van der Waals surface area contributed by atoms with E-state index in [2.05, 4.69) is 92.1 Å². The first-order chi connectivity index (χ1) is 37.5. The lowest BCUT2D eigenvalue weighted by atomic mass is 10.0. The second-order valence-electron chi connectivity index (χ2n) is 23.1. The Morgan fingerprint density at radius 1 is 0.468 bits per heavy atom. The molecule has 3 unspecified atom stereocenters. The van der Waals surface area contributed by atoms with E-state index in [4.69, 9.17) is 9.05 Å². The molecule has 0 bridgehead atoms. The van der Waals surface area contributed by atoms with Crippen molar-refractivity contribution in [1.29, 1.82) is 0 Å². The fraction of sp³-hybridized carbons (Fsp3) is 0.779. The molecule has 0 rings (SSSR count). The van der Waals surface area contributed by atoms with Gasteiger partial charge < -0.3 is 28.8 Å². The van der Waals surface area contributed by atoms with Crippen LogP contribution in [0.2, 0.25) is 0 Å². The molecule has 0 aliphatic rings. The van der Waals surface area contributed by atoms with Crippen molar-refractivity contribution in [2.24, 2.45) is 0 Å².